The predicted octanol–water partition coefficient (Wildman–Crippen LogP) is 1.13. The lowest BCUT2D eigenvalue weighted by atomic mass is 9.72. The fourth-order valence-corrected chi connectivity index (χ4v) is 3.65. The van der Waals surface area contributed by atoms with Gasteiger partial charge in [-0.25, -0.2) is 9.97 Å². The second-order valence-corrected chi connectivity index (χ2v) is 6.74. The summed E-state index contributed by atoms with van der Waals surface area (Å²) in [5.74, 6) is 0.962. The fourth-order valence-electron chi connectivity index (χ4n) is 3.65. The van der Waals surface area contributed by atoms with Gasteiger partial charge in [-0.3, -0.25) is 4.79 Å². The average Bonchev–Trinajstić information content (AvgIpc) is 2.50. The summed E-state index contributed by atoms with van der Waals surface area (Å²) in [5.41, 5.74) is 1.59. The summed E-state index contributed by atoms with van der Waals surface area (Å²) < 4.78 is 5.53. The van der Waals surface area contributed by atoms with Crippen molar-refractivity contribution in [2.75, 3.05) is 39.9 Å². The number of fused-ring (bicyclic) bond motifs is 2. The molecule has 0 aliphatic carbocycles. The Labute approximate surface area is 137 Å². The van der Waals surface area contributed by atoms with E-state index in [0.29, 0.717) is 13.2 Å². The molecule has 0 saturated carbocycles. The highest BCUT2D eigenvalue weighted by atomic mass is 16.5. The first kappa shape index (κ1) is 16.3. The number of aromatic nitrogens is 2. The minimum atomic E-state index is -0.458. The number of aryl methyl sites for hydroxylation is 1. The number of hydrogen-bond donors (Lipinski definition) is 0. The maximum absolute atomic E-state index is 13.1. The molecule has 0 atom stereocenters. The lowest BCUT2D eigenvalue weighted by molar-refractivity contribution is -0.146. The van der Waals surface area contributed by atoms with Crippen LogP contribution in [-0.2, 0) is 21.5 Å². The molecular weight excluding hydrogens is 292 g/mol. The quantitative estimate of drug-likeness (QED) is 0.736. The van der Waals surface area contributed by atoms with Crippen molar-refractivity contribution in [3.63, 3.8) is 0 Å². The van der Waals surface area contributed by atoms with Crippen molar-refractivity contribution in [1.29, 1.82) is 0 Å². The molecule has 1 aromatic rings. The topological polar surface area (TPSA) is 58.6 Å². The number of ether oxygens (including phenoxy) is 1. The van der Waals surface area contributed by atoms with Gasteiger partial charge in [-0.05, 0) is 26.8 Å². The number of carbonyl (C=O) groups excluding carboxylic acids is 1. The van der Waals surface area contributed by atoms with Crippen molar-refractivity contribution in [3.8, 4) is 0 Å². The highest BCUT2D eigenvalue weighted by molar-refractivity contribution is 5.91. The Hall–Kier alpha value is -1.53. The molecular formula is C17H26N4O2. The number of hydrogen-bond acceptors (Lipinski definition) is 5. The molecule has 23 heavy (non-hydrogen) atoms. The zero-order valence-corrected chi connectivity index (χ0v) is 14.3. The number of nitrogens with zero attached hydrogens (tertiary/aromatic N) is 4. The van der Waals surface area contributed by atoms with E-state index in [-0.39, 0.29) is 5.91 Å². The molecule has 0 unspecified atom stereocenters. The molecule has 0 N–H and O–H groups in total. The van der Waals surface area contributed by atoms with Gasteiger partial charge in [-0.2, -0.15) is 0 Å². The third-order valence-electron chi connectivity index (χ3n) is 4.64. The summed E-state index contributed by atoms with van der Waals surface area (Å²) in [7, 11) is 2.05. The fraction of sp³-hybridized carbons (Fsp3) is 0.706. The first-order valence-electron chi connectivity index (χ1n) is 8.45. The summed E-state index contributed by atoms with van der Waals surface area (Å²) >= 11 is 0. The number of rotatable bonds is 6. The van der Waals surface area contributed by atoms with Gasteiger partial charge in [0.25, 0.3) is 0 Å². The Morgan fingerprint density at radius 1 is 1.35 bits per heavy atom. The first-order chi connectivity index (χ1) is 11.1. The Kier molecular flexibility index (Phi) is 4.64. The van der Waals surface area contributed by atoms with Crippen LogP contribution in [0.1, 0.15) is 36.8 Å². The summed E-state index contributed by atoms with van der Waals surface area (Å²) in [6.45, 7) is 8.34. The second-order valence-electron chi connectivity index (χ2n) is 6.74. The minimum absolute atomic E-state index is 0.219. The van der Waals surface area contributed by atoms with E-state index < -0.39 is 5.41 Å². The molecule has 1 fully saturated rings. The molecule has 3 rings (SSSR count). The van der Waals surface area contributed by atoms with E-state index >= 15 is 0 Å². The third-order valence-corrected chi connectivity index (χ3v) is 4.64. The molecule has 6 heteroatoms. The van der Waals surface area contributed by atoms with Gasteiger partial charge in [0.15, 0.2) is 0 Å². The standard InChI is InChI=1S/C17H26N4O2/c1-4-7-23-8-5-6-21-10-14-9-18-13(2)19-15(14)17(16(21)22)11-20(3)12-17/h9H,4-8,10-12H2,1-3H3. The Bertz CT molecular complexity index is 584. The largest absolute Gasteiger partial charge is 0.381 e. The van der Waals surface area contributed by atoms with Crippen molar-refractivity contribution in [2.24, 2.45) is 0 Å². The zero-order valence-electron chi connectivity index (χ0n) is 14.3. The van der Waals surface area contributed by atoms with Crippen molar-refractivity contribution in [3.05, 3.63) is 23.3 Å². The van der Waals surface area contributed by atoms with Crippen LogP contribution >= 0.6 is 0 Å². The van der Waals surface area contributed by atoms with E-state index in [9.17, 15) is 4.79 Å². The lowest BCUT2D eigenvalue weighted by Crippen LogP contribution is -2.68. The summed E-state index contributed by atoms with van der Waals surface area (Å²) in [6, 6.07) is 0. The van der Waals surface area contributed by atoms with Gasteiger partial charge in [-0.1, -0.05) is 6.92 Å². The molecule has 0 aromatic carbocycles. The van der Waals surface area contributed by atoms with Crippen molar-refractivity contribution in [1.82, 2.24) is 19.8 Å². The Morgan fingerprint density at radius 2 is 2.13 bits per heavy atom. The monoisotopic (exact) mass is 318 g/mol. The highest BCUT2D eigenvalue weighted by Gasteiger charge is 2.55. The van der Waals surface area contributed by atoms with Gasteiger partial charge in [0.2, 0.25) is 5.91 Å². The van der Waals surface area contributed by atoms with Crippen LogP contribution in [0.3, 0.4) is 0 Å². The van der Waals surface area contributed by atoms with Gasteiger partial charge in [0.1, 0.15) is 11.2 Å². The molecule has 0 bridgehead atoms. The molecule has 2 aliphatic heterocycles. The first-order valence-corrected chi connectivity index (χ1v) is 8.45. The van der Waals surface area contributed by atoms with Crippen LogP contribution in [-0.4, -0.2) is 65.6 Å². The van der Waals surface area contributed by atoms with Gasteiger partial charge in [0.05, 0.1) is 5.69 Å². The van der Waals surface area contributed by atoms with Crippen LogP contribution < -0.4 is 0 Å². The van der Waals surface area contributed by atoms with Gasteiger partial charge in [0, 0.05) is 51.2 Å². The molecule has 1 amide bonds. The zero-order chi connectivity index (χ0) is 16.4. The molecule has 1 spiro atoms. The average molecular weight is 318 g/mol. The van der Waals surface area contributed by atoms with E-state index in [0.717, 1.165) is 56.2 Å². The lowest BCUT2D eigenvalue weighted by Gasteiger charge is -2.51. The van der Waals surface area contributed by atoms with Crippen LogP contribution in [0.15, 0.2) is 6.20 Å². The van der Waals surface area contributed by atoms with Crippen molar-refractivity contribution in [2.45, 2.75) is 38.6 Å². The normalized spacial score (nSPS) is 19.8. The van der Waals surface area contributed by atoms with Crippen LogP contribution in [0.25, 0.3) is 0 Å². The van der Waals surface area contributed by atoms with Crippen LogP contribution in [0.5, 0.6) is 0 Å². The smallest absolute Gasteiger partial charge is 0.237 e. The maximum Gasteiger partial charge on any atom is 0.237 e. The van der Waals surface area contributed by atoms with Crippen molar-refractivity contribution < 1.29 is 9.53 Å². The molecule has 0 radical (unpaired) electrons. The SMILES string of the molecule is CCCOCCCN1Cc2cnc(C)nc2C2(CN(C)C2)C1=O. The maximum atomic E-state index is 13.1. The van der Waals surface area contributed by atoms with E-state index in [1.807, 2.05) is 25.1 Å². The number of likely N-dealkylation sites (N-methyl/N-ethyl adjacent to an activating group) is 1. The van der Waals surface area contributed by atoms with Crippen LogP contribution in [0.2, 0.25) is 0 Å². The Balaban J connectivity index is 1.75. The molecule has 126 valence electrons. The van der Waals surface area contributed by atoms with Gasteiger partial charge >= 0.3 is 0 Å². The minimum Gasteiger partial charge on any atom is -0.381 e. The van der Waals surface area contributed by atoms with E-state index in [2.05, 4.69) is 21.8 Å². The number of amides is 1. The molecule has 1 aromatic heterocycles. The molecule has 1 saturated heterocycles. The third kappa shape index (κ3) is 2.97. The summed E-state index contributed by atoms with van der Waals surface area (Å²) in [4.78, 5) is 26.1. The van der Waals surface area contributed by atoms with Crippen LogP contribution in [0.4, 0.5) is 0 Å². The molecule has 6 nitrogen and oxygen atoms in total. The van der Waals surface area contributed by atoms with Gasteiger partial charge in [-0.15, -0.1) is 0 Å². The van der Waals surface area contributed by atoms with E-state index in [4.69, 9.17) is 4.74 Å². The highest BCUT2D eigenvalue weighted by Crippen LogP contribution is 2.40. The molecule has 3 heterocycles. The Morgan fingerprint density at radius 3 is 2.83 bits per heavy atom. The number of carbonyl (C=O) groups is 1. The summed E-state index contributed by atoms with van der Waals surface area (Å²) in [6.07, 6.45) is 3.80. The second kappa shape index (κ2) is 6.53. The van der Waals surface area contributed by atoms with E-state index in [1.54, 1.807) is 0 Å². The van der Waals surface area contributed by atoms with E-state index in [1.165, 1.54) is 0 Å². The van der Waals surface area contributed by atoms with Crippen molar-refractivity contribution >= 4 is 5.91 Å². The summed E-state index contributed by atoms with van der Waals surface area (Å²) in [5, 5.41) is 0. The van der Waals surface area contributed by atoms with Crippen LogP contribution in [0, 0.1) is 6.92 Å². The van der Waals surface area contributed by atoms with Gasteiger partial charge < -0.3 is 14.5 Å². The molecule has 2 aliphatic rings. The number of likely N-dealkylation sites (tertiary alicyclic amines) is 1. The predicted molar refractivity (Wildman–Crippen MR) is 87.1 cm³/mol.